The number of hydrogen-bond donors (Lipinski definition) is 3. The largest absolute Gasteiger partial charge is 0.347 e. The molecule has 0 saturated carbocycles. The Morgan fingerprint density at radius 3 is 2.21 bits per heavy atom. The van der Waals surface area contributed by atoms with Crippen molar-refractivity contribution >= 4 is 49.1 Å². The Labute approximate surface area is 210 Å². The number of carbonyl (C=O) groups is 1. The van der Waals surface area contributed by atoms with Gasteiger partial charge in [-0.05, 0) is 45.4 Å². The summed E-state index contributed by atoms with van der Waals surface area (Å²) in [5.74, 6) is -0.499. The number of anilines is 1. The van der Waals surface area contributed by atoms with Gasteiger partial charge >= 0.3 is 0 Å². The second-order valence-electron chi connectivity index (χ2n) is 6.99. The van der Waals surface area contributed by atoms with Gasteiger partial charge in [-0.2, -0.15) is 0 Å². The van der Waals surface area contributed by atoms with Gasteiger partial charge < -0.3 is 15.6 Å². The van der Waals surface area contributed by atoms with E-state index in [0.717, 1.165) is 16.9 Å². The van der Waals surface area contributed by atoms with Crippen molar-refractivity contribution in [3.63, 3.8) is 0 Å². The highest BCUT2D eigenvalue weighted by Crippen LogP contribution is 2.30. The van der Waals surface area contributed by atoms with Gasteiger partial charge in [0.15, 0.2) is 0 Å². The van der Waals surface area contributed by atoms with Crippen LogP contribution in [0.3, 0.4) is 0 Å². The average molecular weight is 563 g/mol. The van der Waals surface area contributed by atoms with Gasteiger partial charge in [0.2, 0.25) is 0 Å². The zero-order chi connectivity index (χ0) is 24.6. The summed E-state index contributed by atoms with van der Waals surface area (Å²) in [5, 5.41) is 7.95. The van der Waals surface area contributed by atoms with Crippen LogP contribution in [0.1, 0.15) is 26.5 Å². The van der Waals surface area contributed by atoms with Gasteiger partial charge in [0.1, 0.15) is 14.2 Å². The van der Waals surface area contributed by atoms with Gasteiger partial charge in [-0.1, -0.05) is 65.8 Å². The molecular formula is C23H23BrN4O4S2. The predicted molar refractivity (Wildman–Crippen MR) is 136 cm³/mol. The van der Waals surface area contributed by atoms with Crippen molar-refractivity contribution in [2.75, 3.05) is 4.72 Å². The van der Waals surface area contributed by atoms with E-state index >= 15 is 0 Å². The van der Waals surface area contributed by atoms with Crippen LogP contribution < -0.4 is 15.8 Å². The molecule has 0 aliphatic rings. The van der Waals surface area contributed by atoms with E-state index in [1.807, 2.05) is 60.7 Å². The first-order valence-electron chi connectivity index (χ1n) is 10.1. The fourth-order valence-electron chi connectivity index (χ4n) is 2.75. The smallest absolute Gasteiger partial charge is 0.265 e. The molecule has 4 aromatic rings. The molecule has 4 N–H and O–H groups in total. The highest BCUT2D eigenvalue weighted by atomic mass is 79.9. The molecule has 0 fully saturated rings. The quantitative estimate of drug-likeness (QED) is 0.300. The number of sulfonamides is 1. The fourth-order valence-corrected chi connectivity index (χ4v) is 5.46. The fraction of sp³-hybridized carbons (Fsp3) is 0.130. The van der Waals surface area contributed by atoms with Crippen molar-refractivity contribution < 1.29 is 17.7 Å². The minimum Gasteiger partial charge on any atom is -0.347 e. The van der Waals surface area contributed by atoms with E-state index < -0.39 is 15.9 Å². The second-order valence-corrected chi connectivity index (χ2v) is 10.3. The summed E-state index contributed by atoms with van der Waals surface area (Å²) in [6, 6.07) is 20.7. The zero-order valence-corrected chi connectivity index (χ0v) is 21.4. The van der Waals surface area contributed by atoms with Crippen LogP contribution >= 0.6 is 27.3 Å². The van der Waals surface area contributed by atoms with E-state index in [2.05, 4.69) is 31.1 Å². The molecule has 178 valence electrons. The van der Waals surface area contributed by atoms with Crippen LogP contribution in [-0.2, 0) is 23.1 Å². The first-order chi connectivity index (χ1) is 16.3. The summed E-state index contributed by atoms with van der Waals surface area (Å²) < 4.78 is 32.9. The molecule has 2 aromatic carbocycles. The maximum atomic E-state index is 12.6. The first kappa shape index (κ1) is 25.6. The summed E-state index contributed by atoms with van der Waals surface area (Å²) in [5.41, 5.74) is 7.96. The van der Waals surface area contributed by atoms with E-state index in [0.29, 0.717) is 23.3 Å². The van der Waals surface area contributed by atoms with Gasteiger partial charge in [0.25, 0.3) is 21.8 Å². The third-order valence-electron chi connectivity index (χ3n) is 4.52. The highest BCUT2D eigenvalue weighted by Gasteiger charge is 2.26. The van der Waals surface area contributed by atoms with Crippen molar-refractivity contribution in [1.82, 2.24) is 10.5 Å². The monoisotopic (exact) mass is 562 g/mol. The number of aromatic nitrogens is 1. The van der Waals surface area contributed by atoms with E-state index in [1.54, 1.807) is 12.3 Å². The molecule has 0 bridgehead atoms. The van der Waals surface area contributed by atoms with Gasteiger partial charge in [0, 0.05) is 13.1 Å². The lowest BCUT2D eigenvalue weighted by atomic mass is 10.2. The molecule has 2 aromatic heterocycles. The average Bonchev–Trinajstić information content (AvgIpc) is 3.48. The minimum absolute atomic E-state index is 0.0376. The van der Waals surface area contributed by atoms with Crippen LogP contribution in [-0.4, -0.2) is 19.5 Å². The Kier molecular flexibility index (Phi) is 8.99. The number of nitrogens with two attached hydrogens (primary N) is 1. The summed E-state index contributed by atoms with van der Waals surface area (Å²) in [7, 11) is -4.00. The Morgan fingerprint density at radius 2 is 1.68 bits per heavy atom. The molecule has 11 heteroatoms. The molecule has 0 aliphatic heterocycles. The SMILES string of the molecule is Cc1noc(NS(=O)(=O)c2ccsc2C(=O)NCc2ccccc2)c1Br.NCc1ccccc1. The lowest BCUT2D eigenvalue weighted by Gasteiger charge is -2.08. The molecule has 0 radical (unpaired) electrons. The predicted octanol–water partition coefficient (Wildman–Crippen LogP) is 4.68. The molecule has 4 rings (SSSR count). The number of halogens is 1. The number of nitrogens with one attached hydrogen (secondary N) is 2. The summed E-state index contributed by atoms with van der Waals surface area (Å²) >= 11 is 4.25. The maximum absolute atomic E-state index is 12.6. The highest BCUT2D eigenvalue weighted by molar-refractivity contribution is 9.10. The third-order valence-corrected chi connectivity index (χ3v) is 7.87. The molecule has 0 unspecified atom stereocenters. The lowest BCUT2D eigenvalue weighted by Crippen LogP contribution is -2.24. The van der Waals surface area contributed by atoms with Crippen molar-refractivity contribution in [2.45, 2.75) is 24.9 Å². The van der Waals surface area contributed by atoms with Crippen molar-refractivity contribution in [1.29, 1.82) is 0 Å². The van der Waals surface area contributed by atoms with Crippen LogP contribution in [0, 0.1) is 6.92 Å². The molecule has 0 saturated heterocycles. The van der Waals surface area contributed by atoms with E-state index in [1.165, 1.54) is 11.6 Å². The summed E-state index contributed by atoms with van der Waals surface area (Å²) in [6.45, 7) is 2.61. The number of nitrogens with zero attached hydrogens (tertiary/aromatic N) is 1. The normalized spacial score (nSPS) is 10.8. The van der Waals surface area contributed by atoms with Crippen LogP contribution in [0.15, 0.2) is 86.0 Å². The van der Waals surface area contributed by atoms with Crippen molar-refractivity contribution in [2.24, 2.45) is 5.73 Å². The minimum atomic E-state index is -4.00. The molecule has 0 aliphatic carbocycles. The van der Waals surface area contributed by atoms with E-state index in [-0.39, 0.29) is 15.7 Å². The number of carbonyl (C=O) groups excluding carboxylic acids is 1. The number of benzene rings is 2. The first-order valence-corrected chi connectivity index (χ1v) is 13.3. The number of amides is 1. The third kappa shape index (κ3) is 6.76. The second kappa shape index (κ2) is 11.9. The van der Waals surface area contributed by atoms with Crippen LogP contribution in [0.25, 0.3) is 0 Å². The van der Waals surface area contributed by atoms with Crippen molar-refractivity contribution in [3.05, 3.63) is 98.3 Å². The number of thiophene rings is 1. The Balaban J connectivity index is 0.000000343. The summed E-state index contributed by atoms with van der Waals surface area (Å²) in [6.07, 6.45) is 0. The van der Waals surface area contributed by atoms with Gasteiger partial charge in [0.05, 0.1) is 5.69 Å². The Morgan fingerprint density at radius 1 is 1.06 bits per heavy atom. The molecule has 2 heterocycles. The van der Waals surface area contributed by atoms with Crippen molar-refractivity contribution in [3.8, 4) is 0 Å². The van der Waals surface area contributed by atoms with Gasteiger partial charge in [-0.3, -0.25) is 4.79 Å². The Hall–Kier alpha value is -2.99. The van der Waals surface area contributed by atoms with E-state index in [4.69, 9.17) is 10.3 Å². The number of rotatable bonds is 7. The number of hydrogen-bond acceptors (Lipinski definition) is 7. The molecule has 34 heavy (non-hydrogen) atoms. The standard InChI is InChI=1S/C16H14BrN3O4S2.C7H9N/c1-10-13(17)16(24-19-10)20-26(22,23)12-7-8-25-14(12)15(21)18-9-11-5-3-2-4-6-11;8-6-7-4-2-1-3-5-7/h2-8,20H,9H2,1H3,(H,18,21);1-5H,6,8H2. The maximum Gasteiger partial charge on any atom is 0.265 e. The molecule has 8 nitrogen and oxygen atoms in total. The van der Waals surface area contributed by atoms with Crippen LogP contribution in [0.4, 0.5) is 5.88 Å². The lowest BCUT2D eigenvalue weighted by molar-refractivity contribution is 0.0952. The number of aryl methyl sites for hydroxylation is 1. The summed E-state index contributed by atoms with van der Waals surface area (Å²) in [4.78, 5) is 12.4. The van der Waals surface area contributed by atoms with E-state index in [9.17, 15) is 13.2 Å². The molecule has 1 amide bonds. The molecule has 0 atom stereocenters. The van der Waals surface area contributed by atoms with Crippen LogP contribution in [0.2, 0.25) is 0 Å². The zero-order valence-electron chi connectivity index (χ0n) is 18.2. The Bertz CT molecular complexity index is 1320. The topological polar surface area (TPSA) is 127 Å². The van der Waals surface area contributed by atoms with Crippen LogP contribution in [0.5, 0.6) is 0 Å². The molecular weight excluding hydrogens is 540 g/mol. The molecule has 0 spiro atoms. The van der Waals surface area contributed by atoms with Gasteiger partial charge in [-0.25, -0.2) is 13.1 Å². The van der Waals surface area contributed by atoms with Gasteiger partial charge in [-0.15, -0.1) is 11.3 Å².